The second-order valence-corrected chi connectivity index (χ2v) is 11.5. The molecule has 2 N–H and O–H groups in total. The molecule has 2 aliphatic rings. The van der Waals surface area contributed by atoms with Crippen molar-refractivity contribution < 1.29 is 19.1 Å². The van der Waals surface area contributed by atoms with Crippen LogP contribution < -0.4 is 15.4 Å². The largest absolute Gasteiger partial charge is 0.494 e. The molecule has 0 saturated carbocycles. The molecule has 3 aromatic rings. The zero-order valence-corrected chi connectivity index (χ0v) is 24.8. The Balaban J connectivity index is 1.31. The summed E-state index contributed by atoms with van der Waals surface area (Å²) in [5.74, 6) is 0.779. The van der Waals surface area contributed by atoms with Gasteiger partial charge in [0.05, 0.1) is 18.9 Å². The molecule has 2 aromatic heterocycles. The van der Waals surface area contributed by atoms with Crippen molar-refractivity contribution in [2.24, 2.45) is 5.92 Å². The van der Waals surface area contributed by atoms with Gasteiger partial charge >= 0.3 is 0 Å². The van der Waals surface area contributed by atoms with Gasteiger partial charge in [0.1, 0.15) is 11.4 Å². The number of ether oxygens (including phenoxy) is 1. The first kappa shape index (κ1) is 29.3. The van der Waals surface area contributed by atoms with Crippen LogP contribution in [0.25, 0.3) is 5.69 Å². The van der Waals surface area contributed by atoms with Crippen LogP contribution in [0.3, 0.4) is 0 Å². The summed E-state index contributed by atoms with van der Waals surface area (Å²) >= 11 is 0. The Hall–Kier alpha value is -4.15. The van der Waals surface area contributed by atoms with Crippen LogP contribution in [0.15, 0.2) is 36.7 Å². The number of para-hydroxylation sites is 2. The van der Waals surface area contributed by atoms with Crippen LogP contribution in [0.2, 0.25) is 0 Å². The summed E-state index contributed by atoms with van der Waals surface area (Å²) in [5, 5.41) is 15.3. The summed E-state index contributed by atoms with van der Waals surface area (Å²) in [4.78, 5) is 41.5. The van der Waals surface area contributed by atoms with E-state index < -0.39 is 0 Å². The molecule has 0 radical (unpaired) electrons. The van der Waals surface area contributed by atoms with Crippen LogP contribution in [0.5, 0.6) is 5.75 Å². The average molecular weight is 576 g/mol. The van der Waals surface area contributed by atoms with Gasteiger partial charge in [-0.3, -0.25) is 19.1 Å². The third-order valence-corrected chi connectivity index (χ3v) is 8.02. The lowest BCUT2D eigenvalue weighted by molar-refractivity contribution is -0.122. The standard InChI is InChI=1S/C31H41N7O4/c1-21(2)13-17-37-25-12-11-23-18-24(25)29(35-37)30(40)32-14-7-16-36(15-6-10-28(39)34-23)31(41)22-19-33-38(20-22)26-8-4-5-9-27(26)42-3/h4-5,8-9,19-21,23H,6-7,10-18H2,1-3H3,(H,32,40)(H,34,39). The topological polar surface area (TPSA) is 123 Å². The normalized spacial score (nSPS) is 18.2. The molecule has 5 rings (SSSR count). The molecule has 3 heterocycles. The highest BCUT2D eigenvalue weighted by Crippen LogP contribution is 2.26. The van der Waals surface area contributed by atoms with E-state index in [1.807, 2.05) is 28.9 Å². The van der Waals surface area contributed by atoms with E-state index in [0.717, 1.165) is 42.8 Å². The minimum atomic E-state index is -0.202. The SMILES string of the molecule is COc1ccccc1-n1cc(C(=O)N2CCCNC(=O)c3nn(CCC(C)C)c4c3CC(CC4)NC(=O)CCC2)cn1. The van der Waals surface area contributed by atoms with E-state index in [2.05, 4.69) is 29.6 Å². The summed E-state index contributed by atoms with van der Waals surface area (Å²) in [6, 6.07) is 7.43. The second kappa shape index (κ2) is 13.2. The van der Waals surface area contributed by atoms with E-state index in [-0.39, 0.29) is 23.8 Å². The number of carbonyl (C=O) groups is 3. The number of aromatic nitrogens is 4. The van der Waals surface area contributed by atoms with Gasteiger partial charge in [-0.2, -0.15) is 10.2 Å². The molecular weight excluding hydrogens is 534 g/mol. The van der Waals surface area contributed by atoms with E-state index in [9.17, 15) is 14.4 Å². The minimum Gasteiger partial charge on any atom is -0.494 e. The molecule has 2 bridgehead atoms. The number of nitrogens with zero attached hydrogens (tertiary/aromatic N) is 5. The fourth-order valence-corrected chi connectivity index (χ4v) is 5.73. The monoisotopic (exact) mass is 575 g/mol. The highest BCUT2D eigenvalue weighted by Gasteiger charge is 2.30. The second-order valence-electron chi connectivity index (χ2n) is 11.5. The van der Waals surface area contributed by atoms with Crippen molar-refractivity contribution in [3.63, 3.8) is 0 Å². The molecule has 1 aromatic carbocycles. The van der Waals surface area contributed by atoms with Crippen LogP contribution in [0.4, 0.5) is 0 Å². The van der Waals surface area contributed by atoms with Gasteiger partial charge in [0, 0.05) is 56.1 Å². The van der Waals surface area contributed by atoms with Gasteiger partial charge in [-0.1, -0.05) is 26.0 Å². The first-order valence-electron chi connectivity index (χ1n) is 15.0. The highest BCUT2D eigenvalue weighted by atomic mass is 16.5. The van der Waals surface area contributed by atoms with Gasteiger partial charge in [-0.05, 0) is 56.6 Å². The number of fused-ring (bicyclic) bond motifs is 1. The minimum absolute atomic E-state index is 0.0343. The molecule has 0 saturated heterocycles. The number of benzene rings is 1. The molecule has 0 spiro atoms. The molecule has 1 aliphatic carbocycles. The summed E-state index contributed by atoms with van der Waals surface area (Å²) in [6.45, 7) is 6.41. The molecule has 11 nitrogen and oxygen atoms in total. The van der Waals surface area contributed by atoms with E-state index in [1.165, 1.54) is 0 Å². The smallest absolute Gasteiger partial charge is 0.272 e. The summed E-state index contributed by atoms with van der Waals surface area (Å²) in [6.07, 6.45) is 7.86. The third-order valence-electron chi connectivity index (χ3n) is 8.02. The van der Waals surface area contributed by atoms with Crippen molar-refractivity contribution in [3.05, 3.63) is 59.2 Å². The Morgan fingerprint density at radius 3 is 2.76 bits per heavy atom. The molecule has 1 atom stereocenters. The van der Waals surface area contributed by atoms with Crippen molar-refractivity contribution in [2.75, 3.05) is 26.7 Å². The Kier molecular flexibility index (Phi) is 9.24. The van der Waals surface area contributed by atoms with Gasteiger partial charge in [0.2, 0.25) is 5.91 Å². The van der Waals surface area contributed by atoms with E-state index in [0.29, 0.717) is 68.2 Å². The van der Waals surface area contributed by atoms with Crippen LogP contribution in [-0.4, -0.2) is 75.0 Å². The maximum Gasteiger partial charge on any atom is 0.272 e. The number of methoxy groups -OCH3 is 1. The maximum absolute atomic E-state index is 13.6. The van der Waals surface area contributed by atoms with E-state index in [1.54, 1.807) is 29.1 Å². The van der Waals surface area contributed by atoms with Crippen molar-refractivity contribution in [1.29, 1.82) is 0 Å². The quantitative estimate of drug-likeness (QED) is 0.466. The number of hydrogen-bond acceptors (Lipinski definition) is 6. The van der Waals surface area contributed by atoms with Gasteiger partial charge in [0.15, 0.2) is 5.69 Å². The first-order valence-corrected chi connectivity index (χ1v) is 15.0. The Bertz CT molecular complexity index is 1430. The van der Waals surface area contributed by atoms with Crippen molar-refractivity contribution in [1.82, 2.24) is 35.1 Å². The lowest BCUT2D eigenvalue weighted by Crippen LogP contribution is -2.39. The molecule has 224 valence electrons. The zero-order valence-electron chi connectivity index (χ0n) is 24.8. The highest BCUT2D eigenvalue weighted by molar-refractivity contribution is 5.94. The molecular formula is C31H41N7O4. The number of rotatable bonds is 6. The van der Waals surface area contributed by atoms with Crippen LogP contribution in [-0.2, 0) is 24.2 Å². The molecule has 0 fully saturated rings. The number of amides is 3. The molecule has 42 heavy (non-hydrogen) atoms. The molecule has 1 unspecified atom stereocenters. The number of aryl methyl sites for hydroxylation is 1. The fraction of sp³-hybridized carbons (Fsp3) is 0.516. The van der Waals surface area contributed by atoms with Crippen molar-refractivity contribution >= 4 is 17.7 Å². The Labute approximate surface area is 246 Å². The Morgan fingerprint density at radius 2 is 1.95 bits per heavy atom. The van der Waals surface area contributed by atoms with Crippen LogP contribution >= 0.6 is 0 Å². The van der Waals surface area contributed by atoms with E-state index >= 15 is 0 Å². The van der Waals surface area contributed by atoms with Crippen LogP contribution in [0.1, 0.15) is 78.1 Å². The first-order chi connectivity index (χ1) is 20.3. The third kappa shape index (κ3) is 6.66. The summed E-state index contributed by atoms with van der Waals surface area (Å²) in [7, 11) is 1.59. The molecule has 1 aliphatic heterocycles. The van der Waals surface area contributed by atoms with Gasteiger partial charge < -0.3 is 20.3 Å². The molecule has 3 amide bonds. The van der Waals surface area contributed by atoms with E-state index in [4.69, 9.17) is 9.84 Å². The number of hydrogen-bond donors (Lipinski definition) is 2. The Morgan fingerprint density at radius 1 is 1.14 bits per heavy atom. The summed E-state index contributed by atoms with van der Waals surface area (Å²) in [5.41, 5.74) is 3.70. The maximum atomic E-state index is 13.6. The van der Waals surface area contributed by atoms with Crippen molar-refractivity contribution in [2.45, 2.75) is 71.4 Å². The lowest BCUT2D eigenvalue weighted by Gasteiger charge is -2.25. The number of nitrogens with one attached hydrogen (secondary N) is 2. The fourth-order valence-electron chi connectivity index (χ4n) is 5.73. The molecule has 11 heteroatoms. The van der Waals surface area contributed by atoms with Gasteiger partial charge in [0.25, 0.3) is 11.8 Å². The van der Waals surface area contributed by atoms with Crippen molar-refractivity contribution in [3.8, 4) is 11.4 Å². The number of carbonyl (C=O) groups excluding carboxylic acids is 3. The average Bonchev–Trinajstić information content (AvgIpc) is 3.61. The lowest BCUT2D eigenvalue weighted by atomic mass is 9.91. The zero-order chi connectivity index (χ0) is 29.6. The summed E-state index contributed by atoms with van der Waals surface area (Å²) < 4.78 is 9.06. The van der Waals surface area contributed by atoms with Gasteiger partial charge in [-0.25, -0.2) is 4.68 Å². The van der Waals surface area contributed by atoms with Gasteiger partial charge in [-0.15, -0.1) is 0 Å². The predicted molar refractivity (Wildman–Crippen MR) is 158 cm³/mol. The predicted octanol–water partition coefficient (Wildman–Crippen LogP) is 3.15. The van der Waals surface area contributed by atoms with Crippen LogP contribution in [0, 0.1) is 5.92 Å².